The van der Waals surface area contributed by atoms with Crippen molar-refractivity contribution in [2.45, 2.75) is 50.6 Å². The molecule has 1 atom stereocenters. The zero-order chi connectivity index (χ0) is 33.3. The van der Waals surface area contributed by atoms with Gasteiger partial charge in [0.25, 0.3) is 10.0 Å². The quantitative estimate of drug-likeness (QED) is 0.137. The number of halogens is 3. The second-order valence-corrected chi connectivity index (χ2v) is 14.0. The van der Waals surface area contributed by atoms with Gasteiger partial charge in [0.2, 0.25) is 11.8 Å². The van der Waals surface area contributed by atoms with Crippen LogP contribution in [0.4, 0.5) is 5.69 Å². The molecule has 4 aromatic carbocycles. The van der Waals surface area contributed by atoms with E-state index in [-0.39, 0.29) is 29.5 Å². The maximum atomic E-state index is 14.5. The standard InChI is InChI=1S/C35H36Cl3N3O4S/c1-3-4-20-39-35(43)33(22-26-8-6-5-7-9-26)40(23-27-12-19-31(37)32(38)21-27)34(42)24-41(29-15-13-28(36)14-16-29)46(44,45)30-17-10-25(2)11-18-30/h5-19,21,33H,3-4,20,22-24H2,1-2H3,(H,39,43)/t33-/m0/s1. The molecule has 0 fully saturated rings. The van der Waals surface area contributed by atoms with E-state index in [9.17, 15) is 18.0 Å². The van der Waals surface area contributed by atoms with Crippen LogP contribution in [-0.4, -0.2) is 44.3 Å². The number of hydrogen-bond acceptors (Lipinski definition) is 4. The van der Waals surface area contributed by atoms with Gasteiger partial charge in [-0.3, -0.25) is 13.9 Å². The van der Waals surface area contributed by atoms with Gasteiger partial charge in [0.1, 0.15) is 12.6 Å². The van der Waals surface area contributed by atoms with E-state index in [1.54, 1.807) is 54.6 Å². The van der Waals surface area contributed by atoms with Gasteiger partial charge in [0.05, 0.1) is 20.6 Å². The normalized spacial score (nSPS) is 11.9. The Morgan fingerprint density at radius 2 is 1.50 bits per heavy atom. The summed E-state index contributed by atoms with van der Waals surface area (Å²) in [7, 11) is -4.22. The number of benzene rings is 4. The van der Waals surface area contributed by atoms with Crippen LogP contribution in [0.1, 0.15) is 36.5 Å². The van der Waals surface area contributed by atoms with Crippen molar-refractivity contribution in [3.63, 3.8) is 0 Å². The molecule has 2 amide bonds. The Balaban J connectivity index is 1.80. The molecule has 0 radical (unpaired) electrons. The SMILES string of the molecule is CCCCNC(=O)[C@H](Cc1ccccc1)N(Cc1ccc(Cl)c(Cl)c1)C(=O)CN(c1ccc(Cl)cc1)S(=O)(=O)c1ccc(C)cc1. The highest BCUT2D eigenvalue weighted by Gasteiger charge is 2.34. The van der Waals surface area contributed by atoms with Crippen molar-refractivity contribution in [2.24, 2.45) is 0 Å². The van der Waals surface area contributed by atoms with Crippen LogP contribution in [0.3, 0.4) is 0 Å². The number of nitrogens with one attached hydrogen (secondary N) is 1. The maximum absolute atomic E-state index is 14.5. The lowest BCUT2D eigenvalue weighted by Crippen LogP contribution is -2.53. The molecule has 242 valence electrons. The van der Waals surface area contributed by atoms with Crippen LogP contribution in [0.25, 0.3) is 0 Å². The molecule has 0 saturated heterocycles. The van der Waals surface area contributed by atoms with Gasteiger partial charge in [0, 0.05) is 24.5 Å². The molecule has 7 nitrogen and oxygen atoms in total. The van der Waals surface area contributed by atoms with Gasteiger partial charge in [-0.25, -0.2) is 8.42 Å². The highest BCUT2D eigenvalue weighted by Crippen LogP contribution is 2.28. The Kier molecular flexibility index (Phi) is 12.5. The number of carbonyl (C=O) groups is 2. The van der Waals surface area contributed by atoms with Gasteiger partial charge in [-0.05, 0) is 73.0 Å². The molecule has 4 aromatic rings. The molecule has 0 unspecified atom stereocenters. The Morgan fingerprint density at radius 3 is 2.13 bits per heavy atom. The minimum Gasteiger partial charge on any atom is -0.354 e. The van der Waals surface area contributed by atoms with Crippen LogP contribution in [-0.2, 0) is 32.6 Å². The van der Waals surface area contributed by atoms with Crippen LogP contribution in [0, 0.1) is 6.92 Å². The van der Waals surface area contributed by atoms with Gasteiger partial charge >= 0.3 is 0 Å². The average molecular weight is 701 g/mol. The molecule has 11 heteroatoms. The number of unbranched alkanes of at least 4 members (excludes halogenated alkanes) is 1. The molecule has 0 saturated carbocycles. The number of carbonyl (C=O) groups excluding carboxylic acids is 2. The molecular formula is C35H36Cl3N3O4S. The van der Waals surface area contributed by atoms with Crippen molar-refractivity contribution < 1.29 is 18.0 Å². The fourth-order valence-corrected chi connectivity index (χ4v) is 6.73. The summed E-state index contributed by atoms with van der Waals surface area (Å²) in [6, 6.07) is 26.0. The lowest BCUT2D eigenvalue weighted by molar-refractivity contribution is -0.140. The van der Waals surface area contributed by atoms with E-state index in [1.165, 1.54) is 17.0 Å². The van der Waals surface area contributed by atoms with E-state index in [4.69, 9.17) is 34.8 Å². The molecule has 0 bridgehead atoms. The van der Waals surface area contributed by atoms with E-state index in [2.05, 4.69) is 5.32 Å². The third-order valence-electron chi connectivity index (χ3n) is 7.44. The second-order valence-electron chi connectivity index (χ2n) is 10.9. The first kappa shape index (κ1) is 35.3. The minimum absolute atomic E-state index is 0.0204. The largest absolute Gasteiger partial charge is 0.354 e. The summed E-state index contributed by atoms with van der Waals surface area (Å²) in [5, 5.41) is 4.03. The molecule has 0 heterocycles. The van der Waals surface area contributed by atoms with Crippen molar-refractivity contribution in [3.8, 4) is 0 Å². The molecule has 1 N–H and O–H groups in total. The van der Waals surface area contributed by atoms with E-state index in [0.717, 1.165) is 28.3 Å². The summed E-state index contributed by atoms with van der Waals surface area (Å²) in [6.07, 6.45) is 1.85. The summed E-state index contributed by atoms with van der Waals surface area (Å²) in [5.74, 6) is -0.923. The Morgan fingerprint density at radius 1 is 0.826 bits per heavy atom. The fourth-order valence-electron chi connectivity index (χ4n) is 4.87. The van der Waals surface area contributed by atoms with E-state index in [0.29, 0.717) is 27.2 Å². The molecule has 0 aromatic heterocycles. The smallest absolute Gasteiger partial charge is 0.264 e. The number of anilines is 1. The molecule has 0 aliphatic heterocycles. The summed E-state index contributed by atoms with van der Waals surface area (Å²) >= 11 is 18.6. The highest BCUT2D eigenvalue weighted by atomic mass is 35.5. The second kappa shape index (κ2) is 16.3. The van der Waals surface area contributed by atoms with Gasteiger partial charge in [-0.15, -0.1) is 0 Å². The number of amides is 2. The fraction of sp³-hybridized carbons (Fsp3) is 0.257. The first-order valence-corrected chi connectivity index (χ1v) is 17.5. The van der Waals surface area contributed by atoms with Crippen molar-refractivity contribution in [1.29, 1.82) is 0 Å². The molecule has 46 heavy (non-hydrogen) atoms. The molecule has 4 rings (SSSR count). The Labute approximate surface area is 286 Å². The number of sulfonamides is 1. The zero-order valence-corrected chi connectivity index (χ0v) is 28.7. The van der Waals surface area contributed by atoms with Crippen molar-refractivity contribution in [1.82, 2.24) is 10.2 Å². The Bertz CT molecular complexity index is 1740. The van der Waals surface area contributed by atoms with Gasteiger partial charge in [-0.2, -0.15) is 0 Å². The topological polar surface area (TPSA) is 86.8 Å². The number of rotatable bonds is 14. The lowest BCUT2D eigenvalue weighted by Gasteiger charge is -2.34. The molecule has 0 aliphatic rings. The van der Waals surface area contributed by atoms with Crippen LogP contribution in [0.5, 0.6) is 0 Å². The highest BCUT2D eigenvalue weighted by molar-refractivity contribution is 7.92. The van der Waals surface area contributed by atoms with Crippen molar-refractivity contribution in [2.75, 3.05) is 17.4 Å². The third-order valence-corrected chi connectivity index (χ3v) is 10.2. The van der Waals surface area contributed by atoms with Gasteiger partial charge in [0.15, 0.2) is 0 Å². The van der Waals surface area contributed by atoms with Crippen LogP contribution < -0.4 is 9.62 Å². The maximum Gasteiger partial charge on any atom is 0.264 e. The predicted molar refractivity (Wildman–Crippen MR) is 186 cm³/mol. The minimum atomic E-state index is -4.22. The first-order valence-electron chi connectivity index (χ1n) is 14.9. The van der Waals surface area contributed by atoms with E-state index >= 15 is 0 Å². The van der Waals surface area contributed by atoms with Gasteiger partial charge in [-0.1, -0.05) is 102 Å². The number of hydrogen-bond donors (Lipinski definition) is 1. The number of nitrogens with zero attached hydrogens (tertiary/aromatic N) is 2. The van der Waals surface area contributed by atoms with Crippen LogP contribution in [0.15, 0.2) is 102 Å². The molecule has 0 spiro atoms. The number of aryl methyl sites for hydroxylation is 1. The van der Waals surface area contributed by atoms with Crippen molar-refractivity contribution >= 4 is 62.3 Å². The average Bonchev–Trinajstić information content (AvgIpc) is 3.04. The lowest BCUT2D eigenvalue weighted by atomic mass is 10.0. The summed E-state index contributed by atoms with van der Waals surface area (Å²) in [4.78, 5) is 29.8. The van der Waals surface area contributed by atoms with Crippen LogP contribution in [0.2, 0.25) is 15.1 Å². The third kappa shape index (κ3) is 9.26. The zero-order valence-electron chi connectivity index (χ0n) is 25.6. The van der Waals surface area contributed by atoms with E-state index in [1.807, 2.05) is 44.2 Å². The summed E-state index contributed by atoms with van der Waals surface area (Å²) in [6.45, 7) is 3.72. The molecule has 0 aliphatic carbocycles. The van der Waals surface area contributed by atoms with Crippen molar-refractivity contribution in [3.05, 3.63) is 129 Å². The van der Waals surface area contributed by atoms with Gasteiger partial charge < -0.3 is 10.2 Å². The summed E-state index contributed by atoms with van der Waals surface area (Å²) in [5.41, 5.74) is 2.60. The van der Waals surface area contributed by atoms with E-state index < -0.39 is 28.5 Å². The Hall–Kier alpha value is -3.56. The molecular weight excluding hydrogens is 665 g/mol. The van der Waals surface area contributed by atoms with Crippen LogP contribution >= 0.6 is 34.8 Å². The first-order chi connectivity index (χ1) is 22.0. The predicted octanol–water partition coefficient (Wildman–Crippen LogP) is 7.71. The summed E-state index contributed by atoms with van der Waals surface area (Å²) < 4.78 is 29.3. The monoisotopic (exact) mass is 699 g/mol.